The minimum atomic E-state index is -0.572. The molecule has 0 radical (unpaired) electrons. The summed E-state index contributed by atoms with van der Waals surface area (Å²) in [4.78, 5) is 11.0. The average Bonchev–Trinajstić information content (AvgIpc) is 2.02. The minimum Gasteiger partial charge on any atom is -0.495 e. The molecule has 0 heterocycles. The Bertz CT molecular complexity index is 352. The molecule has 1 aromatic rings. The van der Waals surface area contributed by atoms with Crippen molar-refractivity contribution in [3.8, 4) is 5.75 Å². The first kappa shape index (κ1) is 11.1. The number of benzene rings is 1. The van der Waals surface area contributed by atoms with E-state index in [1.165, 1.54) is 13.2 Å². The Morgan fingerprint density at radius 3 is 2.62 bits per heavy atom. The summed E-state index contributed by atoms with van der Waals surface area (Å²) in [6, 6.07) is 3.18. The van der Waals surface area contributed by atoms with Crippen LogP contribution in [0.3, 0.4) is 0 Å². The van der Waals surface area contributed by atoms with Crippen molar-refractivity contribution in [1.29, 1.82) is 0 Å². The lowest BCUT2D eigenvalue weighted by Gasteiger charge is -2.07. The average molecular weight is 331 g/mol. The number of hydrogen-bond acceptors (Lipinski definition) is 2. The van der Waals surface area contributed by atoms with Crippen molar-refractivity contribution >= 4 is 51.0 Å². The smallest absolute Gasteiger partial charge is 0.256 e. The fraction of sp³-hybridized carbons (Fsp3) is 0.125. The van der Waals surface area contributed by atoms with Gasteiger partial charge in [-0.3, -0.25) is 4.79 Å². The molecule has 2 nitrogen and oxygen atoms in total. The van der Waals surface area contributed by atoms with Gasteiger partial charge in [0.25, 0.3) is 5.24 Å². The van der Waals surface area contributed by atoms with Crippen LogP contribution in [-0.2, 0) is 0 Å². The van der Waals surface area contributed by atoms with Gasteiger partial charge in [-0.25, -0.2) is 0 Å². The monoisotopic (exact) mass is 330 g/mol. The summed E-state index contributed by atoms with van der Waals surface area (Å²) in [5, 5.41) is -0.105. The molecule has 0 N–H and O–H groups in total. The lowest BCUT2D eigenvalue weighted by molar-refractivity contribution is 0.107. The lowest BCUT2D eigenvalue weighted by Crippen LogP contribution is -1.97. The van der Waals surface area contributed by atoms with Gasteiger partial charge < -0.3 is 4.74 Å². The molecule has 70 valence electrons. The molecule has 0 aromatic heterocycles. The number of halogens is 3. The van der Waals surface area contributed by atoms with Crippen LogP contribution < -0.4 is 4.74 Å². The van der Waals surface area contributed by atoms with E-state index in [-0.39, 0.29) is 0 Å². The van der Waals surface area contributed by atoms with Gasteiger partial charge in [0.05, 0.1) is 16.2 Å². The van der Waals surface area contributed by atoms with Crippen molar-refractivity contribution in [2.45, 2.75) is 0 Å². The summed E-state index contributed by atoms with van der Waals surface area (Å²) in [6.45, 7) is 0. The molecule has 0 saturated carbocycles. The van der Waals surface area contributed by atoms with E-state index in [9.17, 15) is 4.79 Å². The maximum atomic E-state index is 11.0. The standard InChI is InChI=1S/C8H5Cl2IO2/c1-13-7-5(8(10)12)2-4(9)3-6(7)11/h2-3H,1H3. The predicted octanol–water partition coefficient (Wildman–Crippen LogP) is 3.33. The number of ether oxygens (including phenoxy) is 1. The molecule has 0 spiro atoms. The Hall–Kier alpha value is -0.000000000000000111. The molecule has 0 aliphatic carbocycles. The number of rotatable bonds is 2. The van der Waals surface area contributed by atoms with Crippen LogP contribution in [0.25, 0.3) is 0 Å². The van der Waals surface area contributed by atoms with Gasteiger partial charge in [-0.2, -0.15) is 0 Å². The van der Waals surface area contributed by atoms with Crippen LogP contribution in [0.2, 0.25) is 5.02 Å². The number of hydrogen-bond donors (Lipinski definition) is 0. The van der Waals surface area contributed by atoms with Gasteiger partial charge in [0.1, 0.15) is 5.75 Å². The second-order valence-corrected chi connectivity index (χ2v) is 4.18. The first-order chi connectivity index (χ1) is 6.06. The summed E-state index contributed by atoms with van der Waals surface area (Å²) in [5.74, 6) is 0.463. The van der Waals surface area contributed by atoms with E-state index in [1.54, 1.807) is 6.07 Å². The SMILES string of the molecule is COc1c(I)cc(Cl)cc1C(=O)Cl. The van der Waals surface area contributed by atoms with E-state index >= 15 is 0 Å². The van der Waals surface area contributed by atoms with E-state index in [2.05, 4.69) is 0 Å². The quantitative estimate of drug-likeness (QED) is 0.614. The Balaban J connectivity index is 3.38. The summed E-state index contributed by atoms with van der Waals surface area (Å²) in [6.07, 6.45) is 0. The minimum absolute atomic E-state index is 0.293. The van der Waals surface area contributed by atoms with Gasteiger partial charge in [-0.05, 0) is 46.3 Å². The maximum Gasteiger partial charge on any atom is 0.256 e. The van der Waals surface area contributed by atoms with Crippen molar-refractivity contribution in [2.75, 3.05) is 7.11 Å². The molecule has 0 fully saturated rings. The van der Waals surface area contributed by atoms with Crippen molar-refractivity contribution in [3.63, 3.8) is 0 Å². The van der Waals surface area contributed by atoms with Crippen molar-refractivity contribution in [2.24, 2.45) is 0 Å². The molecule has 13 heavy (non-hydrogen) atoms. The molecule has 0 aliphatic rings. The predicted molar refractivity (Wildman–Crippen MR) is 60.9 cm³/mol. The van der Waals surface area contributed by atoms with Crippen LogP contribution in [0.4, 0.5) is 0 Å². The second kappa shape index (κ2) is 4.48. The zero-order chi connectivity index (χ0) is 10.0. The van der Waals surface area contributed by atoms with Crippen LogP contribution in [0.15, 0.2) is 12.1 Å². The lowest BCUT2D eigenvalue weighted by atomic mass is 10.2. The van der Waals surface area contributed by atoms with Crippen LogP contribution >= 0.6 is 45.8 Å². The molecule has 0 bridgehead atoms. The summed E-state index contributed by atoms with van der Waals surface area (Å²) in [5.41, 5.74) is 0.293. The molecule has 0 atom stereocenters. The molecular weight excluding hydrogens is 326 g/mol. The molecule has 0 unspecified atom stereocenters. The van der Waals surface area contributed by atoms with E-state index in [4.69, 9.17) is 27.9 Å². The zero-order valence-corrected chi connectivity index (χ0v) is 10.3. The van der Waals surface area contributed by atoms with E-state index in [1.807, 2.05) is 22.6 Å². The van der Waals surface area contributed by atoms with Crippen molar-refractivity contribution in [3.05, 3.63) is 26.3 Å². The highest BCUT2D eigenvalue weighted by Crippen LogP contribution is 2.30. The topological polar surface area (TPSA) is 26.3 Å². The highest BCUT2D eigenvalue weighted by Gasteiger charge is 2.13. The molecular formula is C8H5Cl2IO2. The first-order valence-electron chi connectivity index (χ1n) is 3.29. The molecule has 1 aromatic carbocycles. The third-order valence-corrected chi connectivity index (χ3v) is 2.65. The summed E-state index contributed by atoms with van der Waals surface area (Å²) >= 11 is 13.1. The maximum absolute atomic E-state index is 11.0. The highest BCUT2D eigenvalue weighted by atomic mass is 127. The van der Waals surface area contributed by atoms with Gasteiger partial charge in [0.2, 0.25) is 0 Å². The highest BCUT2D eigenvalue weighted by molar-refractivity contribution is 14.1. The Kier molecular flexibility index (Phi) is 3.82. The summed E-state index contributed by atoms with van der Waals surface area (Å²) in [7, 11) is 1.48. The van der Waals surface area contributed by atoms with Gasteiger partial charge in [-0.1, -0.05) is 11.6 Å². The van der Waals surface area contributed by atoms with Crippen molar-refractivity contribution in [1.82, 2.24) is 0 Å². The largest absolute Gasteiger partial charge is 0.495 e. The second-order valence-electron chi connectivity index (χ2n) is 2.24. The van der Waals surface area contributed by atoms with E-state index in [0.717, 1.165) is 3.57 Å². The normalized spacial score (nSPS) is 9.85. The Morgan fingerprint density at radius 2 is 2.15 bits per heavy atom. The fourth-order valence-electron chi connectivity index (χ4n) is 0.914. The van der Waals surface area contributed by atoms with Gasteiger partial charge >= 0.3 is 0 Å². The molecule has 0 aliphatic heterocycles. The van der Waals surface area contributed by atoms with Crippen LogP contribution in [0.5, 0.6) is 5.75 Å². The van der Waals surface area contributed by atoms with Gasteiger partial charge in [0, 0.05) is 5.02 Å². The Morgan fingerprint density at radius 1 is 1.54 bits per heavy atom. The van der Waals surface area contributed by atoms with Gasteiger partial charge in [0.15, 0.2) is 0 Å². The molecule has 0 saturated heterocycles. The van der Waals surface area contributed by atoms with Gasteiger partial charge in [-0.15, -0.1) is 0 Å². The number of methoxy groups -OCH3 is 1. The Labute approximate surface area is 99.3 Å². The number of carbonyl (C=O) groups excluding carboxylic acids is 1. The van der Waals surface area contributed by atoms with E-state index in [0.29, 0.717) is 16.3 Å². The van der Waals surface area contributed by atoms with E-state index < -0.39 is 5.24 Å². The van der Waals surface area contributed by atoms with Crippen LogP contribution in [0.1, 0.15) is 10.4 Å². The first-order valence-corrected chi connectivity index (χ1v) is 5.12. The molecule has 5 heteroatoms. The molecule has 0 amide bonds. The molecule has 1 rings (SSSR count). The zero-order valence-electron chi connectivity index (χ0n) is 6.61. The number of carbonyl (C=O) groups is 1. The fourth-order valence-corrected chi connectivity index (χ4v) is 2.30. The summed E-state index contributed by atoms with van der Waals surface area (Å²) < 4.78 is 5.78. The van der Waals surface area contributed by atoms with Crippen molar-refractivity contribution < 1.29 is 9.53 Å². The van der Waals surface area contributed by atoms with Crippen LogP contribution in [0, 0.1) is 3.57 Å². The third-order valence-electron chi connectivity index (χ3n) is 1.42. The van der Waals surface area contributed by atoms with Crippen LogP contribution in [-0.4, -0.2) is 12.4 Å². The third kappa shape index (κ3) is 2.48.